The predicted octanol–water partition coefficient (Wildman–Crippen LogP) is 3.25. The maximum absolute atomic E-state index is 12.6. The number of morpholine rings is 1. The number of carbonyl (C=O) groups is 2. The standard InChI is InChI=1S/C20H26Cl2N2O4/c21-16-3-4-18(17(22)14-16)28-11-1-2-19(25)23-7-5-15(6-8-23)20(26)24-9-12-27-13-10-24/h3-4,14-15H,1-2,5-13H2. The van der Waals surface area contributed by atoms with Crippen LogP contribution in [0.1, 0.15) is 25.7 Å². The molecule has 0 unspecified atom stereocenters. The first kappa shape index (κ1) is 21.2. The van der Waals surface area contributed by atoms with Crippen molar-refractivity contribution in [3.05, 3.63) is 28.2 Å². The lowest BCUT2D eigenvalue weighted by atomic mass is 9.95. The van der Waals surface area contributed by atoms with Gasteiger partial charge in [-0.05, 0) is 37.5 Å². The number of nitrogens with zero attached hydrogens (tertiary/aromatic N) is 2. The van der Waals surface area contributed by atoms with Crippen LogP contribution in [0.25, 0.3) is 0 Å². The van der Waals surface area contributed by atoms with Gasteiger partial charge in [-0.1, -0.05) is 23.2 Å². The molecule has 0 atom stereocenters. The summed E-state index contributed by atoms with van der Waals surface area (Å²) in [5.74, 6) is 0.921. The van der Waals surface area contributed by atoms with Gasteiger partial charge in [-0.2, -0.15) is 0 Å². The number of piperidine rings is 1. The fraction of sp³-hybridized carbons (Fsp3) is 0.600. The van der Waals surface area contributed by atoms with E-state index in [-0.39, 0.29) is 17.7 Å². The number of amides is 2. The predicted molar refractivity (Wildman–Crippen MR) is 108 cm³/mol. The van der Waals surface area contributed by atoms with Crippen molar-refractivity contribution >= 4 is 35.0 Å². The van der Waals surface area contributed by atoms with Crippen LogP contribution in [-0.2, 0) is 14.3 Å². The molecule has 0 aliphatic carbocycles. The topological polar surface area (TPSA) is 59.1 Å². The smallest absolute Gasteiger partial charge is 0.225 e. The molecule has 28 heavy (non-hydrogen) atoms. The van der Waals surface area contributed by atoms with E-state index in [1.165, 1.54) is 0 Å². The van der Waals surface area contributed by atoms with Gasteiger partial charge in [-0.25, -0.2) is 0 Å². The van der Waals surface area contributed by atoms with Crippen LogP contribution < -0.4 is 4.74 Å². The number of likely N-dealkylation sites (tertiary alicyclic amines) is 1. The summed E-state index contributed by atoms with van der Waals surface area (Å²) in [6.45, 7) is 4.29. The molecule has 154 valence electrons. The molecule has 2 fully saturated rings. The molecule has 1 aromatic rings. The first-order valence-electron chi connectivity index (χ1n) is 9.77. The van der Waals surface area contributed by atoms with Gasteiger partial charge in [0.05, 0.1) is 24.8 Å². The number of benzene rings is 1. The molecule has 3 rings (SSSR count). The van der Waals surface area contributed by atoms with E-state index in [2.05, 4.69) is 0 Å². The number of halogens is 2. The molecule has 0 saturated carbocycles. The summed E-state index contributed by atoms with van der Waals surface area (Å²) in [6, 6.07) is 5.07. The quantitative estimate of drug-likeness (QED) is 0.652. The third kappa shape index (κ3) is 5.75. The van der Waals surface area contributed by atoms with Crippen molar-refractivity contribution in [2.45, 2.75) is 25.7 Å². The SMILES string of the molecule is O=C(CCCOc1ccc(Cl)cc1Cl)N1CCC(C(=O)N2CCOCC2)CC1. The molecule has 2 saturated heterocycles. The Hall–Kier alpha value is -1.50. The maximum Gasteiger partial charge on any atom is 0.225 e. The second-order valence-corrected chi connectivity index (χ2v) is 7.96. The number of hydrogen-bond acceptors (Lipinski definition) is 4. The van der Waals surface area contributed by atoms with Gasteiger partial charge in [0, 0.05) is 43.5 Å². The van der Waals surface area contributed by atoms with Crippen LogP contribution in [0.4, 0.5) is 0 Å². The second-order valence-electron chi connectivity index (χ2n) is 7.12. The minimum Gasteiger partial charge on any atom is -0.492 e. The Morgan fingerprint density at radius 2 is 1.79 bits per heavy atom. The zero-order chi connectivity index (χ0) is 19.9. The van der Waals surface area contributed by atoms with Crippen LogP contribution >= 0.6 is 23.2 Å². The Labute approximate surface area is 175 Å². The highest BCUT2D eigenvalue weighted by molar-refractivity contribution is 6.35. The molecular weight excluding hydrogens is 403 g/mol. The van der Waals surface area contributed by atoms with E-state index >= 15 is 0 Å². The molecule has 2 amide bonds. The van der Waals surface area contributed by atoms with Crippen molar-refractivity contribution in [1.29, 1.82) is 0 Å². The van der Waals surface area contributed by atoms with Gasteiger partial charge in [-0.3, -0.25) is 9.59 Å². The maximum atomic E-state index is 12.6. The Morgan fingerprint density at radius 3 is 2.46 bits per heavy atom. The van der Waals surface area contributed by atoms with Crippen molar-refractivity contribution in [1.82, 2.24) is 9.80 Å². The van der Waals surface area contributed by atoms with Gasteiger partial charge in [0.15, 0.2) is 0 Å². The van der Waals surface area contributed by atoms with Crippen LogP contribution in [-0.4, -0.2) is 67.6 Å². The number of hydrogen-bond donors (Lipinski definition) is 0. The van der Waals surface area contributed by atoms with E-state index < -0.39 is 0 Å². The summed E-state index contributed by atoms with van der Waals surface area (Å²) >= 11 is 11.9. The van der Waals surface area contributed by atoms with Crippen molar-refractivity contribution in [2.24, 2.45) is 5.92 Å². The Balaban J connectivity index is 1.35. The Bertz CT molecular complexity index is 687. The minimum absolute atomic E-state index is 0.0255. The zero-order valence-electron chi connectivity index (χ0n) is 15.9. The molecule has 0 bridgehead atoms. The van der Waals surface area contributed by atoms with E-state index in [0.29, 0.717) is 74.6 Å². The average molecular weight is 429 g/mol. The highest BCUT2D eigenvalue weighted by Gasteiger charge is 2.30. The van der Waals surface area contributed by atoms with Crippen molar-refractivity contribution in [3.63, 3.8) is 0 Å². The van der Waals surface area contributed by atoms with Gasteiger partial charge < -0.3 is 19.3 Å². The number of ether oxygens (including phenoxy) is 2. The van der Waals surface area contributed by atoms with E-state index in [9.17, 15) is 9.59 Å². The summed E-state index contributed by atoms with van der Waals surface area (Å²) in [4.78, 5) is 28.7. The lowest BCUT2D eigenvalue weighted by Crippen LogP contribution is -2.47. The molecular formula is C20H26Cl2N2O4. The monoisotopic (exact) mass is 428 g/mol. The number of rotatable bonds is 6. The fourth-order valence-electron chi connectivity index (χ4n) is 3.57. The minimum atomic E-state index is 0.0255. The molecule has 6 nitrogen and oxygen atoms in total. The zero-order valence-corrected chi connectivity index (χ0v) is 17.4. The Kier molecular flexibility index (Phi) is 7.82. The van der Waals surface area contributed by atoms with Crippen LogP contribution in [0.3, 0.4) is 0 Å². The van der Waals surface area contributed by atoms with Crippen molar-refractivity contribution in [2.75, 3.05) is 46.0 Å². The molecule has 2 heterocycles. The summed E-state index contributed by atoms with van der Waals surface area (Å²) in [6.07, 6.45) is 2.51. The largest absolute Gasteiger partial charge is 0.492 e. The molecule has 0 aromatic heterocycles. The van der Waals surface area contributed by atoms with E-state index in [1.807, 2.05) is 9.80 Å². The van der Waals surface area contributed by atoms with Crippen LogP contribution in [0.15, 0.2) is 18.2 Å². The van der Waals surface area contributed by atoms with Gasteiger partial charge >= 0.3 is 0 Å². The van der Waals surface area contributed by atoms with E-state index in [4.69, 9.17) is 32.7 Å². The summed E-state index contributed by atoms with van der Waals surface area (Å²) < 4.78 is 10.9. The summed E-state index contributed by atoms with van der Waals surface area (Å²) in [5.41, 5.74) is 0. The third-order valence-electron chi connectivity index (χ3n) is 5.21. The third-order valence-corrected chi connectivity index (χ3v) is 5.74. The molecule has 0 spiro atoms. The van der Waals surface area contributed by atoms with Gasteiger partial charge in [0.25, 0.3) is 0 Å². The second kappa shape index (κ2) is 10.3. The van der Waals surface area contributed by atoms with Gasteiger partial charge in [0.1, 0.15) is 5.75 Å². The molecule has 0 radical (unpaired) electrons. The lowest BCUT2D eigenvalue weighted by Gasteiger charge is -2.35. The van der Waals surface area contributed by atoms with Crippen LogP contribution in [0, 0.1) is 5.92 Å². The van der Waals surface area contributed by atoms with Crippen LogP contribution in [0.5, 0.6) is 5.75 Å². The summed E-state index contributed by atoms with van der Waals surface area (Å²) in [5, 5.41) is 1.02. The summed E-state index contributed by atoms with van der Waals surface area (Å²) in [7, 11) is 0. The molecule has 8 heteroatoms. The van der Waals surface area contributed by atoms with Crippen LogP contribution in [0.2, 0.25) is 10.0 Å². The van der Waals surface area contributed by atoms with E-state index in [0.717, 1.165) is 12.8 Å². The highest BCUT2D eigenvalue weighted by atomic mass is 35.5. The Morgan fingerprint density at radius 1 is 1.07 bits per heavy atom. The highest BCUT2D eigenvalue weighted by Crippen LogP contribution is 2.27. The molecule has 0 N–H and O–H groups in total. The molecule has 2 aliphatic rings. The molecule has 1 aromatic carbocycles. The van der Waals surface area contributed by atoms with E-state index in [1.54, 1.807) is 18.2 Å². The van der Waals surface area contributed by atoms with Gasteiger partial charge in [0.2, 0.25) is 11.8 Å². The van der Waals surface area contributed by atoms with Crippen molar-refractivity contribution < 1.29 is 19.1 Å². The van der Waals surface area contributed by atoms with Crippen molar-refractivity contribution in [3.8, 4) is 5.75 Å². The number of carbonyl (C=O) groups excluding carboxylic acids is 2. The normalized spacial score (nSPS) is 18.2. The first-order valence-corrected chi connectivity index (χ1v) is 10.5. The lowest BCUT2D eigenvalue weighted by molar-refractivity contribution is -0.143. The fourth-order valence-corrected chi connectivity index (χ4v) is 4.04. The average Bonchev–Trinajstić information content (AvgIpc) is 2.72. The first-order chi connectivity index (χ1) is 13.5. The van der Waals surface area contributed by atoms with Gasteiger partial charge in [-0.15, -0.1) is 0 Å². The molecule has 2 aliphatic heterocycles.